The fourth-order valence-corrected chi connectivity index (χ4v) is 3.72. The summed E-state index contributed by atoms with van der Waals surface area (Å²) in [5, 5.41) is 0. The molecule has 146 valence electrons. The Morgan fingerprint density at radius 3 is 1.70 bits per heavy atom. The largest absolute Gasteiger partial charge is 0.0795 e. The Balaban J connectivity index is 1.69. The second-order valence-electron chi connectivity index (χ2n) is 7.32. The first-order chi connectivity index (χ1) is 14.7. The van der Waals surface area contributed by atoms with Crippen LogP contribution in [0.3, 0.4) is 0 Å². The Kier molecular flexibility index (Phi) is 6.32. The van der Waals surface area contributed by atoms with Gasteiger partial charge in [0.25, 0.3) is 0 Å². The highest BCUT2D eigenvalue weighted by molar-refractivity contribution is 7.81. The summed E-state index contributed by atoms with van der Waals surface area (Å²) in [5.41, 5.74) is 8.38. The van der Waals surface area contributed by atoms with Gasteiger partial charge in [-0.3, -0.25) is 0 Å². The molecule has 0 spiro atoms. The number of allylic oxidation sites excluding steroid dienone is 1. The molecule has 0 heterocycles. The molecule has 0 aliphatic heterocycles. The Bertz CT molecular complexity index is 1100. The fourth-order valence-electron chi connectivity index (χ4n) is 3.52. The van der Waals surface area contributed by atoms with Crippen molar-refractivity contribution >= 4 is 23.2 Å². The lowest BCUT2D eigenvalue weighted by molar-refractivity contribution is 1.14. The second-order valence-corrected chi connectivity index (χ2v) is 7.76. The van der Waals surface area contributed by atoms with Gasteiger partial charge < -0.3 is 0 Å². The first-order valence-corrected chi connectivity index (χ1v) is 10.7. The molecule has 0 aliphatic carbocycles. The number of rotatable bonds is 6. The molecule has 0 saturated carbocycles. The number of aryl methyl sites for hydroxylation is 1. The fraction of sp³-hybridized carbons (Fsp3) is 0.0690. The summed E-state index contributed by atoms with van der Waals surface area (Å²) in [6.07, 6.45) is 5.20. The maximum Gasteiger partial charge on any atom is 0.0449 e. The molecule has 0 amide bonds. The van der Waals surface area contributed by atoms with Crippen molar-refractivity contribution in [1.82, 2.24) is 0 Å². The van der Waals surface area contributed by atoms with Gasteiger partial charge in [-0.15, -0.1) is 0 Å². The minimum absolute atomic E-state index is 0.851. The van der Waals surface area contributed by atoms with Crippen molar-refractivity contribution in [1.29, 1.82) is 0 Å². The van der Waals surface area contributed by atoms with Crippen LogP contribution in [-0.2, 0) is 6.42 Å². The first kappa shape index (κ1) is 20.0. The molecular formula is C29H24S. The van der Waals surface area contributed by atoms with E-state index in [4.69, 9.17) is 12.2 Å². The van der Waals surface area contributed by atoms with E-state index >= 15 is 0 Å². The van der Waals surface area contributed by atoms with Gasteiger partial charge in [0.05, 0.1) is 0 Å². The quantitative estimate of drug-likeness (QED) is 0.178. The number of benzene rings is 4. The lowest BCUT2D eigenvalue weighted by atomic mass is 9.96. The summed E-state index contributed by atoms with van der Waals surface area (Å²) in [7, 11) is 0. The third-order valence-electron chi connectivity index (χ3n) is 5.24. The molecule has 0 fully saturated rings. The molecular weight excluding hydrogens is 380 g/mol. The third kappa shape index (κ3) is 4.82. The lowest BCUT2D eigenvalue weighted by Gasteiger charge is -2.09. The molecule has 30 heavy (non-hydrogen) atoms. The molecule has 0 bridgehead atoms. The minimum atomic E-state index is 0.851. The van der Waals surface area contributed by atoms with Crippen LogP contribution in [0.2, 0.25) is 0 Å². The highest BCUT2D eigenvalue weighted by atomic mass is 32.1. The van der Waals surface area contributed by atoms with Crippen LogP contribution in [0.5, 0.6) is 0 Å². The van der Waals surface area contributed by atoms with Crippen molar-refractivity contribution in [2.45, 2.75) is 13.3 Å². The Hall–Kier alpha value is -3.29. The average Bonchev–Trinajstić information content (AvgIpc) is 2.83. The molecule has 4 rings (SSSR count). The predicted molar refractivity (Wildman–Crippen MR) is 134 cm³/mol. The summed E-state index contributed by atoms with van der Waals surface area (Å²) in [5.74, 6) is 0. The van der Waals surface area contributed by atoms with Crippen LogP contribution in [0, 0.1) is 0 Å². The molecule has 0 unspecified atom stereocenters. The van der Waals surface area contributed by atoms with Crippen LogP contribution < -0.4 is 0 Å². The van der Waals surface area contributed by atoms with Gasteiger partial charge >= 0.3 is 0 Å². The van der Waals surface area contributed by atoms with E-state index < -0.39 is 0 Å². The Morgan fingerprint density at radius 1 is 0.667 bits per heavy atom. The van der Waals surface area contributed by atoms with Crippen LogP contribution in [0.1, 0.15) is 23.6 Å². The van der Waals surface area contributed by atoms with Crippen molar-refractivity contribution in [3.05, 3.63) is 126 Å². The van der Waals surface area contributed by atoms with E-state index in [1.807, 2.05) is 18.2 Å². The summed E-state index contributed by atoms with van der Waals surface area (Å²) in [6.45, 7) is 2.16. The van der Waals surface area contributed by atoms with E-state index in [9.17, 15) is 0 Å². The molecule has 1 heteroatoms. The molecule has 4 aromatic rings. The van der Waals surface area contributed by atoms with Crippen molar-refractivity contribution in [3.8, 4) is 22.3 Å². The van der Waals surface area contributed by atoms with E-state index in [0.717, 1.165) is 22.4 Å². The lowest BCUT2D eigenvalue weighted by Crippen LogP contribution is -1.93. The molecule has 0 aromatic heterocycles. The van der Waals surface area contributed by atoms with Gasteiger partial charge in [0.15, 0.2) is 0 Å². The summed E-state index contributed by atoms with van der Waals surface area (Å²) >= 11 is 5.67. The van der Waals surface area contributed by atoms with Gasteiger partial charge in [0, 0.05) is 4.86 Å². The number of thiocarbonyl (C=S) groups is 1. The normalized spacial score (nSPS) is 11.0. The topological polar surface area (TPSA) is 0 Å². The molecule has 4 aromatic carbocycles. The van der Waals surface area contributed by atoms with Crippen LogP contribution >= 0.6 is 12.2 Å². The van der Waals surface area contributed by atoms with Gasteiger partial charge in [0.1, 0.15) is 0 Å². The molecule has 0 atom stereocenters. The zero-order valence-electron chi connectivity index (χ0n) is 17.1. The van der Waals surface area contributed by atoms with Gasteiger partial charge in [-0.2, -0.15) is 0 Å². The predicted octanol–water partition coefficient (Wildman–Crippen LogP) is 8.01. The second kappa shape index (κ2) is 9.47. The zero-order chi connectivity index (χ0) is 20.8. The van der Waals surface area contributed by atoms with Gasteiger partial charge in [-0.1, -0.05) is 110 Å². The van der Waals surface area contributed by atoms with E-state index in [1.54, 1.807) is 0 Å². The van der Waals surface area contributed by atoms with Gasteiger partial charge in [-0.25, -0.2) is 0 Å². The molecule has 0 radical (unpaired) electrons. The van der Waals surface area contributed by atoms with Crippen molar-refractivity contribution in [2.75, 3.05) is 0 Å². The standard InChI is InChI=1S/C29H24S/c1-2-22-13-16-26(17-14-22)29(30)18-15-23-19-27(24-9-5-3-6-10-24)21-28(20-23)25-11-7-4-8-12-25/h3-21H,2H2,1H3. The van der Waals surface area contributed by atoms with Crippen LogP contribution in [0.15, 0.2) is 109 Å². The van der Waals surface area contributed by atoms with E-state index in [2.05, 4.69) is 104 Å². The van der Waals surface area contributed by atoms with Crippen molar-refractivity contribution < 1.29 is 0 Å². The first-order valence-electron chi connectivity index (χ1n) is 10.3. The highest BCUT2D eigenvalue weighted by Gasteiger charge is 2.05. The Morgan fingerprint density at radius 2 is 1.20 bits per heavy atom. The summed E-state index contributed by atoms with van der Waals surface area (Å²) in [4.78, 5) is 0.851. The SMILES string of the molecule is CCc1ccc(C(=S)C=Cc2cc(-c3ccccc3)cc(-c3ccccc3)c2)cc1. The third-order valence-corrected chi connectivity index (χ3v) is 5.62. The zero-order valence-corrected chi connectivity index (χ0v) is 17.9. The van der Waals surface area contributed by atoms with Crippen LogP contribution in [-0.4, -0.2) is 4.86 Å². The monoisotopic (exact) mass is 404 g/mol. The number of hydrogen-bond donors (Lipinski definition) is 0. The van der Waals surface area contributed by atoms with E-state index in [1.165, 1.54) is 27.8 Å². The minimum Gasteiger partial charge on any atom is -0.0795 e. The van der Waals surface area contributed by atoms with Gasteiger partial charge in [-0.05, 0) is 69.6 Å². The van der Waals surface area contributed by atoms with Crippen LogP contribution in [0.4, 0.5) is 0 Å². The molecule has 0 aliphatic rings. The van der Waals surface area contributed by atoms with E-state index in [-0.39, 0.29) is 0 Å². The number of hydrogen-bond acceptors (Lipinski definition) is 1. The van der Waals surface area contributed by atoms with Crippen molar-refractivity contribution in [2.24, 2.45) is 0 Å². The maximum absolute atomic E-state index is 5.67. The molecule has 0 saturated heterocycles. The highest BCUT2D eigenvalue weighted by Crippen LogP contribution is 2.29. The maximum atomic E-state index is 5.67. The van der Waals surface area contributed by atoms with Crippen LogP contribution in [0.25, 0.3) is 28.3 Å². The smallest absolute Gasteiger partial charge is 0.0449 e. The van der Waals surface area contributed by atoms with Gasteiger partial charge in [0.2, 0.25) is 0 Å². The molecule has 0 nitrogen and oxygen atoms in total. The van der Waals surface area contributed by atoms with Crippen molar-refractivity contribution in [3.63, 3.8) is 0 Å². The summed E-state index contributed by atoms with van der Waals surface area (Å²) < 4.78 is 0. The Labute approximate surface area is 184 Å². The van der Waals surface area contributed by atoms with E-state index in [0.29, 0.717) is 0 Å². The molecule has 0 N–H and O–H groups in total. The average molecular weight is 405 g/mol. The summed E-state index contributed by atoms with van der Waals surface area (Å²) in [6, 6.07) is 36.2.